The molecule has 1 unspecified atom stereocenters. The third-order valence-corrected chi connectivity index (χ3v) is 2.09. The first-order chi connectivity index (χ1) is 7.81. The first kappa shape index (κ1) is 15.8. The lowest BCUT2D eigenvalue weighted by molar-refractivity contribution is 0.0586. The van der Waals surface area contributed by atoms with Gasteiger partial charge in [-0.3, -0.25) is 0 Å². The van der Waals surface area contributed by atoms with E-state index in [1.807, 2.05) is 0 Å². The zero-order valence-corrected chi connectivity index (χ0v) is 10.4. The van der Waals surface area contributed by atoms with E-state index in [0.29, 0.717) is 19.8 Å². The van der Waals surface area contributed by atoms with Gasteiger partial charge >= 0.3 is 0 Å². The third kappa shape index (κ3) is 11.9. The van der Waals surface area contributed by atoms with Gasteiger partial charge in [0.15, 0.2) is 0 Å². The molecule has 0 aliphatic carbocycles. The molecule has 0 saturated heterocycles. The SMILES string of the molecule is COCCOCCCNCCC(O)COC. The van der Waals surface area contributed by atoms with Crippen LogP contribution in [0.2, 0.25) is 0 Å². The van der Waals surface area contributed by atoms with Crippen LogP contribution >= 0.6 is 0 Å². The molecule has 0 amide bonds. The zero-order valence-electron chi connectivity index (χ0n) is 10.4. The monoisotopic (exact) mass is 235 g/mol. The predicted molar refractivity (Wildman–Crippen MR) is 62.7 cm³/mol. The smallest absolute Gasteiger partial charge is 0.0785 e. The summed E-state index contributed by atoms with van der Waals surface area (Å²) in [5.41, 5.74) is 0. The van der Waals surface area contributed by atoms with Crippen LogP contribution in [0, 0.1) is 0 Å². The molecule has 0 bridgehead atoms. The Balaban J connectivity index is 2.98. The molecule has 1 atom stereocenters. The normalized spacial score (nSPS) is 12.9. The van der Waals surface area contributed by atoms with E-state index in [1.165, 1.54) is 0 Å². The fourth-order valence-corrected chi connectivity index (χ4v) is 1.21. The lowest BCUT2D eigenvalue weighted by Gasteiger charge is -2.10. The van der Waals surface area contributed by atoms with Crippen molar-refractivity contribution in [3.05, 3.63) is 0 Å². The standard InChI is InChI=1S/C11H25NO4/c1-14-8-9-16-7-3-5-12-6-4-11(13)10-15-2/h11-13H,3-10H2,1-2H3. The van der Waals surface area contributed by atoms with Crippen LogP contribution in [0.5, 0.6) is 0 Å². The van der Waals surface area contributed by atoms with Gasteiger partial charge in [-0.15, -0.1) is 0 Å². The first-order valence-electron chi connectivity index (χ1n) is 5.75. The van der Waals surface area contributed by atoms with Gasteiger partial charge < -0.3 is 24.6 Å². The van der Waals surface area contributed by atoms with Crippen LogP contribution in [0.25, 0.3) is 0 Å². The van der Waals surface area contributed by atoms with Gasteiger partial charge in [-0.25, -0.2) is 0 Å². The highest BCUT2D eigenvalue weighted by Gasteiger charge is 2.01. The quantitative estimate of drug-likeness (QED) is 0.467. The van der Waals surface area contributed by atoms with Crippen molar-refractivity contribution in [2.75, 3.05) is 53.7 Å². The molecule has 0 radical (unpaired) electrons. The Morgan fingerprint density at radius 3 is 2.56 bits per heavy atom. The number of ether oxygens (including phenoxy) is 3. The largest absolute Gasteiger partial charge is 0.391 e. The van der Waals surface area contributed by atoms with Gasteiger partial charge in [-0.1, -0.05) is 0 Å². The van der Waals surface area contributed by atoms with Crippen LogP contribution in [-0.4, -0.2) is 64.9 Å². The summed E-state index contributed by atoms with van der Waals surface area (Å²) in [4.78, 5) is 0. The molecular formula is C11H25NO4. The number of aliphatic hydroxyl groups excluding tert-OH is 1. The second-order valence-corrected chi connectivity index (χ2v) is 3.61. The lowest BCUT2D eigenvalue weighted by atomic mass is 10.2. The second-order valence-electron chi connectivity index (χ2n) is 3.61. The van der Waals surface area contributed by atoms with Gasteiger partial charge in [0.2, 0.25) is 0 Å². The number of hydrogen-bond donors (Lipinski definition) is 2. The van der Waals surface area contributed by atoms with Crippen LogP contribution < -0.4 is 5.32 Å². The maximum absolute atomic E-state index is 9.35. The van der Waals surface area contributed by atoms with Gasteiger partial charge in [-0.2, -0.15) is 0 Å². The summed E-state index contributed by atoms with van der Waals surface area (Å²) in [5, 5.41) is 12.6. The molecule has 0 aliphatic heterocycles. The minimum absolute atomic E-state index is 0.365. The van der Waals surface area contributed by atoms with Gasteiger partial charge in [-0.05, 0) is 25.9 Å². The molecule has 0 aliphatic rings. The van der Waals surface area contributed by atoms with E-state index in [4.69, 9.17) is 14.2 Å². The number of nitrogens with one attached hydrogen (secondary N) is 1. The molecule has 0 rings (SSSR count). The second kappa shape index (κ2) is 12.9. The van der Waals surface area contributed by atoms with Crippen LogP contribution in [0.15, 0.2) is 0 Å². The molecule has 16 heavy (non-hydrogen) atoms. The topological polar surface area (TPSA) is 60.0 Å². The molecule has 0 fully saturated rings. The van der Waals surface area contributed by atoms with Crippen LogP contribution in [0.4, 0.5) is 0 Å². The Hall–Kier alpha value is -0.200. The highest BCUT2D eigenvalue weighted by Crippen LogP contribution is 1.90. The van der Waals surface area contributed by atoms with Gasteiger partial charge in [0.05, 0.1) is 25.9 Å². The van der Waals surface area contributed by atoms with E-state index in [1.54, 1.807) is 14.2 Å². The average molecular weight is 235 g/mol. The Labute approximate surface area is 98.1 Å². The Kier molecular flexibility index (Phi) is 12.7. The molecule has 5 nitrogen and oxygen atoms in total. The summed E-state index contributed by atoms with van der Waals surface area (Å²) in [6, 6.07) is 0. The predicted octanol–water partition coefficient (Wildman–Crippen LogP) is 0.0265. The minimum Gasteiger partial charge on any atom is -0.391 e. The maximum Gasteiger partial charge on any atom is 0.0785 e. The van der Waals surface area contributed by atoms with Crippen molar-refractivity contribution in [2.45, 2.75) is 18.9 Å². The number of aliphatic hydroxyl groups is 1. The molecule has 0 heterocycles. The van der Waals surface area contributed by atoms with Crippen LogP contribution in [0.3, 0.4) is 0 Å². The highest BCUT2D eigenvalue weighted by molar-refractivity contribution is 4.56. The minimum atomic E-state index is -0.365. The van der Waals surface area contributed by atoms with Crippen molar-refractivity contribution in [2.24, 2.45) is 0 Å². The number of hydrogen-bond acceptors (Lipinski definition) is 5. The van der Waals surface area contributed by atoms with E-state index >= 15 is 0 Å². The van der Waals surface area contributed by atoms with Crippen molar-refractivity contribution in [3.8, 4) is 0 Å². The fraction of sp³-hybridized carbons (Fsp3) is 1.00. The van der Waals surface area contributed by atoms with E-state index < -0.39 is 0 Å². The Morgan fingerprint density at radius 1 is 1.06 bits per heavy atom. The lowest BCUT2D eigenvalue weighted by Crippen LogP contribution is -2.24. The first-order valence-corrected chi connectivity index (χ1v) is 5.75. The van der Waals surface area contributed by atoms with Crippen molar-refractivity contribution < 1.29 is 19.3 Å². The molecule has 0 saturated carbocycles. The van der Waals surface area contributed by atoms with Crippen LogP contribution in [0.1, 0.15) is 12.8 Å². The summed E-state index contributed by atoms with van der Waals surface area (Å²) in [7, 11) is 3.25. The molecule has 0 aromatic rings. The number of methoxy groups -OCH3 is 2. The summed E-state index contributed by atoms with van der Waals surface area (Å²) in [5.74, 6) is 0. The summed E-state index contributed by atoms with van der Waals surface area (Å²) < 4.78 is 15.0. The Bertz CT molecular complexity index is 135. The molecule has 0 spiro atoms. The van der Waals surface area contributed by atoms with Crippen molar-refractivity contribution in [3.63, 3.8) is 0 Å². The van der Waals surface area contributed by atoms with E-state index in [9.17, 15) is 5.11 Å². The van der Waals surface area contributed by atoms with Gasteiger partial charge in [0, 0.05) is 20.8 Å². The van der Waals surface area contributed by atoms with E-state index in [-0.39, 0.29) is 6.10 Å². The highest BCUT2D eigenvalue weighted by atomic mass is 16.5. The van der Waals surface area contributed by atoms with Crippen molar-refractivity contribution in [1.29, 1.82) is 0 Å². The zero-order chi connectivity index (χ0) is 12.1. The van der Waals surface area contributed by atoms with Crippen molar-refractivity contribution >= 4 is 0 Å². The summed E-state index contributed by atoms with van der Waals surface area (Å²) >= 11 is 0. The van der Waals surface area contributed by atoms with Gasteiger partial charge in [0.1, 0.15) is 0 Å². The summed E-state index contributed by atoms with van der Waals surface area (Å²) in [6.07, 6.45) is 1.33. The van der Waals surface area contributed by atoms with Crippen molar-refractivity contribution in [1.82, 2.24) is 5.32 Å². The Morgan fingerprint density at radius 2 is 1.88 bits per heavy atom. The molecule has 98 valence electrons. The fourth-order valence-electron chi connectivity index (χ4n) is 1.21. The third-order valence-electron chi connectivity index (χ3n) is 2.09. The summed E-state index contributed by atoms with van der Waals surface area (Å²) in [6.45, 7) is 4.17. The van der Waals surface area contributed by atoms with Gasteiger partial charge in [0.25, 0.3) is 0 Å². The molecule has 0 aromatic carbocycles. The van der Waals surface area contributed by atoms with E-state index in [2.05, 4.69) is 5.32 Å². The molecular weight excluding hydrogens is 210 g/mol. The van der Waals surface area contributed by atoms with Crippen LogP contribution in [-0.2, 0) is 14.2 Å². The average Bonchev–Trinajstić information content (AvgIpc) is 2.27. The molecule has 2 N–H and O–H groups in total. The number of rotatable bonds is 12. The molecule has 5 heteroatoms. The van der Waals surface area contributed by atoms with E-state index in [0.717, 1.165) is 32.5 Å². The molecule has 0 aromatic heterocycles. The maximum atomic E-state index is 9.35.